The molecule has 3 rings (SSSR count). The first kappa shape index (κ1) is 18.1. The maximum Gasteiger partial charge on any atom is 0.230 e. The van der Waals surface area contributed by atoms with Crippen molar-refractivity contribution in [2.45, 2.75) is 32.1 Å². The van der Waals surface area contributed by atoms with Crippen molar-refractivity contribution in [3.63, 3.8) is 0 Å². The van der Waals surface area contributed by atoms with E-state index in [0.29, 0.717) is 12.3 Å². The summed E-state index contributed by atoms with van der Waals surface area (Å²) in [6, 6.07) is 11.8. The zero-order valence-corrected chi connectivity index (χ0v) is 15.7. The van der Waals surface area contributed by atoms with E-state index in [1.165, 1.54) is 17.3 Å². The lowest BCUT2D eigenvalue weighted by atomic mass is 10.1. The number of hydrogen-bond acceptors (Lipinski definition) is 5. The number of nitrogens with zero attached hydrogens (tertiary/aromatic N) is 4. The van der Waals surface area contributed by atoms with Gasteiger partial charge in [0.1, 0.15) is 0 Å². The summed E-state index contributed by atoms with van der Waals surface area (Å²) in [6.45, 7) is 5.35. The fourth-order valence-electron chi connectivity index (χ4n) is 2.58. The van der Waals surface area contributed by atoms with Crippen LogP contribution < -0.4 is 5.32 Å². The zero-order valence-electron chi connectivity index (χ0n) is 14.8. The van der Waals surface area contributed by atoms with Crippen LogP contribution in [0.4, 0.5) is 0 Å². The number of carbonyl (C=O) groups is 1. The van der Waals surface area contributed by atoms with E-state index in [4.69, 9.17) is 0 Å². The fraction of sp³-hybridized carbons (Fsp3) is 0.263. The van der Waals surface area contributed by atoms with Crippen LogP contribution in [0.2, 0.25) is 0 Å². The lowest BCUT2D eigenvalue weighted by molar-refractivity contribution is -0.118. The van der Waals surface area contributed by atoms with E-state index >= 15 is 0 Å². The Hall–Kier alpha value is -2.67. The lowest BCUT2D eigenvalue weighted by Gasteiger charge is -2.09. The first-order valence-electron chi connectivity index (χ1n) is 8.46. The van der Waals surface area contributed by atoms with Gasteiger partial charge in [0.2, 0.25) is 5.91 Å². The largest absolute Gasteiger partial charge is 0.351 e. The molecule has 0 aliphatic heterocycles. The minimum atomic E-state index is -0.0191. The third kappa shape index (κ3) is 4.29. The molecule has 0 unspecified atom stereocenters. The number of carbonyl (C=O) groups excluding carboxylic acids is 1. The highest BCUT2D eigenvalue weighted by Gasteiger charge is 2.14. The second-order valence-corrected chi connectivity index (χ2v) is 6.72. The molecule has 1 N–H and O–H groups in total. The van der Waals surface area contributed by atoms with Crippen molar-refractivity contribution >= 4 is 17.7 Å². The summed E-state index contributed by atoms with van der Waals surface area (Å²) in [7, 11) is 0. The highest BCUT2D eigenvalue weighted by molar-refractivity contribution is 7.99. The molecule has 0 spiro atoms. The molecule has 6 nitrogen and oxygen atoms in total. The van der Waals surface area contributed by atoms with Crippen LogP contribution >= 0.6 is 11.8 Å². The van der Waals surface area contributed by atoms with Crippen molar-refractivity contribution < 1.29 is 4.79 Å². The van der Waals surface area contributed by atoms with Crippen molar-refractivity contribution in [3.8, 4) is 11.4 Å². The molecule has 0 bridgehead atoms. The topological polar surface area (TPSA) is 72.7 Å². The van der Waals surface area contributed by atoms with E-state index in [9.17, 15) is 4.79 Å². The molecular weight excluding hydrogens is 346 g/mol. The average molecular weight is 367 g/mol. The summed E-state index contributed by atoms with van der Waals surface area (Å²) in [4.78, 5) is 16.2. The zero-order chi connectivity index (χ0) is 18.4. The van der Waals surface area contributed by atoms with Crippen molar-refractivity contribution in [2.24, 2.45) is 0 Å². The Kier molecular flexibility index (Phi) is 6.01. The SMILES string of the molecule is CCn1c(SCC(=O)NCc2ccccc2C)nnc1-c1ccncc1. The molecule has 1 aromatic carbocycles. The summed E-state index contributed by atoms with van der Waals surface area (Å²) < 4.78 is 2.01. The minimum absolute atomic E-state index is 0.0191. The summed E-state index contributed by atoms with van der Waals surface area (Å²) in [5.41, 5.74) is 3.26. The van der Waals surface area contributed by atoms with E-state index in [1.807, 2.05) is 54.8 Å². The number of thioether (sulfide) groups is 1. The van der Waals surface area contributed by atoms with Gasteiger partial charge < -0.3 is 9.88 Å². The monoisotopic (exact) mass is 367 g/mol. The van der Waals surface area contributed by atoms with Crippen molar-refractivity contribution in [3.05, 3.63) is 59.9 Å². The van der Waals surface area contributed by atoms with Crippen molar-refractivity contribution in [1.82, 2.24) is 25.1 Å². The van der Waals surface area contributed by atoms with Crippen LogP contribution in [0.25, 0.3) is 11.4 Å². The maximum atomic E-state index is 12.2. The maximum absolute atomic E-state index is 12.2. The number of aromatic nitrogens is 4. The fourth-order valence-corrected chi connectivity index (χ4v) is 3.41. The molecule has 0 saturated carbocycles. The van der Waals surface area contributed by atoms with Crippen LogP contribution in [0.15, 0.2) is 53.9 Å². The van der Waals surface area contributed by atoms with Gasteiger partial charge in [0.05, 0.1) is 5.75 Å². The summed E-state index contributed by atoms with van der Waals surface area (Å²) in [5, 5.41) is 12.2. The highest BCUT2D eigenvalue weighted by atomic mass is 32.2. The number of hydrogen-bond donors (Lipinski definition) is 1. The lowest BCUT2D eigenvalue weighted by Crippen LogP contribution is -2.25. The molecular formula is C19H21N5OS. The van der Waals surface area contributed by atoms with Gasteiger partial charge in [-0.3, -0.25) is 9.78 Å². The molecule has 3 aromatic rings. The molecule has 0 aliphatic carbocycles. The van der Waals surface area contributed by atoms with Gasteiger partial charge in [0.25, 0.3) is 0 Å². The van der Waals surface area contributed by atoms with Crippen LogP contribution in [-0.4, -0.2) is 31.4 Å². The Balaban J connectivity index is 1.60. The summed E-state index contributed by atoms with van der Waals surface area (Å²) in [6.07, 6.45) is 3.46. The van der Waals surface area contributed by atoms with Crippen LogP contribution in [0, 0.1) is 6.92 Å². The Labute approximate surface area is 157 Å². The number of pyridine rings is 1. The standard InChI is InChI=1S/C19H21N5OS/c1-3-24-18(15-8-10-20-11-9-15)22-23-19(24)26-13-17(25)21-12-16-7-5-4-6-14(16)2/h4-11H,3,12-13H2,1-2H3,(H,21,25). The van der Waals surface area contributed by atoms with Gasteiger partial charge in [0, 0.05) is 31.0 Å². The van der Waals surface area contributed by atoms with Crippen LogP contribution in [0.5, 0.6) is 0 Å². The number of amides is 1. The number of rotatable bonds is 7. The second-order valence-electron chi connectivity index (χ2n) is 5.78. The third-order valence-electron chi connectivity index (χ3n) is 4.04. The van der Waals surface area contributed by atoms with E-state index in [-0.39, 0.29) is 5.91 Å². The number of benzene rings is 1. The Bertz CT molecular complexity index is 879. The molecule has 1 amide bonds. The van der Waals surface area contributed by atoms with Gasteiger partial charge in [-0.05, 0) is 37.1 Å². The Morgan fingerprint density at radius 1 is 1.15 bits per heavy atom. The van der Waals surface area contributed by atoms with Gasteiger partial charge in [-0.15, -0.1) is 10.2 Å². The predicted molar refractivity (Wildman–Crippen MR) is 103 cm³/mol. The molecule has 0 radical (unpaired) electrons. The van der Waals surface area contributed by atoms with Gasteiger partial charge in [-0.2, -0.15) is 0 Å². The molecule has 2 aromatic heterocycles. The molecule has 0 saturated heterocycles. The highest BCUT2D eigenvalue weighted by Crippen LogP contribution is 2.23. The van der Waals surface area contributed by atoms with Crippen LogP contribution in [0.1, 0.15) is 18.1 Å². The number of aryl methyl sites for hydroxylation is 1. The normalized spacial score (nSPS) is 10.7. The molecule has 0 aliphatic rings. The van der Waals surface area contributed by atoms with Crippen LogP contribution in [-0.2, 0) is 17.9 Å². The van der Waals surface area contributed by atoms with E-state index < -0.39 is 0 Å². The van der Waals surface area contributed by atoms with Gasteiger partial charge >= 0.3 is 0 Å². The van der Waals surface area contributed by atoms with Gasteiger partial charge in [-0.1, -0.05) is 36.0 Å². The van der Waals surface area contributed by atoms with E-state index in [0.717, 1.165) is 28.7 Å². The molecule has 0 atom stereocenters. The third-order valence-corrected chi connectivity index (χ3v) is 5.01. The quantitative estimate of drug-likeness (QED) is 0.650. The first-order chi connectivity index (χ1) is 12.7. The number of nitrogens with one attached hydrogen (secondary N) is 1. The van der Waals surface area contributed by atoms with E-state index in [2.05, 4.69) is 20.5 Å². The van der Waals surface area contributed by atoms with Crippen LogP contribution in [0.3, 0.4) is 0 Å². The molecule has 134 valence electrons. The average Bonchev–Trinajstić information content (AvgIpc) is 3.09. The molecule has 0 fully saturated rings. The molecule has 2 heterocycles. The molecule has 26 heavy (non-hydrogen) atoms. The Morgan fingerprint density at radius 3 is 2.65 bits per heavy atom. The summed E-state index contributed by atoms with van der Waals surface area (Å²) >= 11 is 1.40. The first-order valence-corrected chi connectivity index (χ1v) is 9.45. The van der Waals surface area contributed by atoms with E-state index in [1.54, 1.807) is 12.4 Å². The second kappa shape index (κ2) is 8.62. The van der Waals surface area contributed by atoms with Crippen molar-refractivity contribution in [2.75, 3.05) is 5.75 Å². The predicted octanol–water partition coefficient (Wildman–Crippen LogP) is 3.08. The smallest absolute Gasteiger partial charge is 0.230 e. The summed E-state index contributed by atoms with van der Waals surface area (Å²) in [5.74, 6) is 1.08. The van der Waals surface area contributed by atoms with Gasteiger partial charge in [0.15, 0.2) is 11.0 Å². The minimum Gasteiger partial charge on any atom is -0.351 e. The molecule has 7 heteroatoms. The van der Waals surface area contributed by atoms with Crippen molar-refractivity contribution in [1.29, 1.82) is 0 Å². The Morgan fingerprint density at radius 2 is 1.92 bits per heavy atom. The van der Waals surface area contributed by atoms with Gasteiger partial charge in [-0.25, -0.2) is 0 Å².